The highest BCUT2D eigenvalue weighted by molar-refractivity contribution is 5.91. The van der Waals surface area contributed by atoms with Crippen LogP contribution in [0.4, 0.5) is 0 Å². The molecule has 2 aromatic carbocycles. The topological polar surface area (TPSA) is 77.8 Å². The van der Waals surface area contributed by atoms with Gasteiger partial charge in [-0.25, -0.2) is 0 Å². The van der Waals surface area contributed by atoms with Crippen LogP contribution in [-0.4, -0.2) is 19.6 Å². The minimum Gasteiger partial charge on any atom is -0.497 e. The lowest BCUT2D eigenvalue weighted by Crippen LogP contribution is -2.26. The van der Waals surface area contributed by atoms with E-state index in [0.29, 0.717) is 13.0 Å². The summed E-state index contributed by atoms with van der Waals surface area (Å²) in [6.45, 7) is 0.667. The number of benzene rings is 2. The second kappa shape index (κ2) is 9.41. The van der Waals surface area contributed by atoms with Gasteiger partial charge in [-0.1, -0.05) is 42.5 Å². The Balaban J connectivity index is 1.52. The number of hydrogen-bond acceptors (Lipinski definition) is 5. The Morgan fingerprint density at radius 2 is 1.79 bits per heavy atom. The molecule has 0 bridgehead atoms. The van der Waals surface area contributed by atoms with Crippen molar-refractivity contribution in [3.63, 3.8) is 0 Å². The van der Waals surface area contributed by atoms with Crippen LogP contribution in [0.5, 0.6) is 11.5 Å². The Hall–Kier alpha value is -3.54. The average molecular weight is 379 g/mol. The molecule has 1 aromatic heterocycles. The van der Waals surface area contributed by atoms with Crippen LogP contribution in [0.2, 0.25) is 0 Å². The van der Waals surface area contributed by atoms with Gasteiger partial charge in [-0.3, -0.25) is 9.59 Å². The molecular formula is C22H21NO5. The zero-order valence-corrected chi connectivity index (χ0v) is 15.5. The lowest BCUT2D eigenvalue weighted by atomic mass is 10.1. The Morgan fingerprint density at radius 1 is 1.04 bits per heavy atom. The summed E-state index contributed by atoms with van der Waals surface area (Å²) in [5.74, 6) is 0.356. The van der Waals surface area contributed by atoms with Gasteiger partial charge in [-0.05, 0) is 29.7 Å². The molecule has 0 saturated carbocycles. The van der Waals surface area contributed by atoms with Gasteiger partial charge >= 0.3 is 0 Å². The number of amides is 1. The predicted octanol–water partition coefficient (Wildman–Crippen LogP) is 3.20. The zero-order chi connectivity index (χ0) is 19.8. The standard InChI is InChI=1S/C22H21NO5/c1-26-18-9-7-16(8-10-18)11-12-23-22(25)20-13-19(24)21(15-28-20)27-14-17-5-3-2-4-6-17/h2-10,13,15H,11-12,14H2,1H3,(H,23,25). The number of rotatable bonds is 8. The van der Waals surface area contributed by atoms with Gasteiger partial charge in [0.05, 0.1) is 7.11 Å². The maximum Gasteiger partial charge on any atom is 0.287 e. The van der Waals surface area contributed by atoms with Crippen molar-refractivity contribution in [2.75, 3.05) is 13.7 Å². The van der Waals surface area contributed by atoms with Crippen molar-refractivity contribution >= 4 is 5.91 Å². The molecule has 0 saturated heterocycles. The van der Waals surface area contributed by atoms with E-state index in [1.54, 1.807) is 7.11 Å². The van der Waals surface area contributed by atoms with Gasteiger partial charge in [-0.2, -0.15) is 0 Å². The molecule has 1 amide bonds. The summed E-state index contributed by atoms with van der Waals surface area (Å²) in [6, 6.07) is 18.2. The van der Waals surface area contributed by atoms with E-state index >= 15 is 0 Å². The van der Waals surface area contributed by atoms with E-state index in [2.05, 4.69) is 5.32 Å². The second-order valence-corrected chi connectivity index (χ2v) is 6.10. The van der Waals surface area contributed by atoms with Crippen LogP contribution in [0.25, 0.3) is 0 Å². The summed E-state index contributed by atoms with van der Waals surface area (Å²) in [5, 5.41) is 2.74. The lowest BCUT2D eigenvalue weighted by molar-refractivity contribution is 0.0923. The van der Waals surface area contributed by atoms with Crippen LogP contribution in [0.15, 0.2) is 76.1 Å². The third-order valence-electron chi connectivity index (χ3n) is 4.12. The normalized spacial score (nSPS) is 10.3. The van der Waals surface area contributed by atoms with Crippen LogP contribution in [0.1, 0.15) is 21.7 Å². The van der Waals surface area contributed by atoms with Crippen LogP contribution in [0.3, 0.4) is 0 Å². The molecule has 0 spiro atoms. The maximum atomic E-state index is 12.2. The zero-order valence-electron chi connectivity index (χ0n) is 15.5. The summed E-state index contributed by atoms with van der Waals surface area (Å²) in [7, 11) is 1.61. The number of ether oxygens (including phenoxy) is 2. The third kappa shape index (κ3) is 5.23. The summed E-state index contributed by atoms with van der Waals surface area (Å²) >= 11 is 0. The smallest absolute Gasteiger partial charge is 0.287 e. The first-order chi connectivity index (χ1) is 13.7. The molecule has 0 aliphatic rings. The molecule has 144 valence electrons. The summed E-state index contributed by atoms with van der Waals surface area (Å²) in [6.07, 6.45) is 1.82. The maximum absolute atomic E-state index is 12.2. The molecule has 1 N–H and O–H groups in total. The minimum atomic E-state index is -0.444. The molecule has 6 heteroatoms. The first-order valence-corrected chi connectivity index (χ1v) is 8.86. The van der Waals surface area contributed by atoms with E-state index in [1.807, 2.05) is 54.6 Å². The minimum absolute atomic E-state index is 0.0493. The fourth-order valence-corrected chi connectivity index (χ4v) is 2.56. The van der Waals surface area contributed by atoms with Gasteiger partial charge in [0.2, 0.25) is 11.2 Å². The number of carbonyl (C=O) groups is 1. The number of nitrogens with one attached hydrogen (secondary N) is 1. The van der Waals surface area contributed by atoms with Crippen LogP contribution in [0, 0.1) is 0 Å². The van der Waals surface area contributed by atoms with Gasteiger partial charge in [0.25, 0.3) is 5.91 Å². The van der Waals surface area contributed by atoms with Crippen LogP contribution >= 0.6 is 0 Å². The molecule has 0 unspecified atom stereocenters. The highest BCUT2D eigenvalue weighted by atomic mass is 16.5. The van der Waals surface area contributed by atoms with E-state index in [4.69, 9.17) is 13.9 Å². The summed E-state index contributed by atoms with van der Waals surface area (Å²) < 4.78 is 15.8. The molecule has 6 nitrogen and oxygen atoms in total. The van der Waals surface area contributed by atoms with Crippen molar-refractivity contribution < 1.29 is 18.7 Å². The Bertz CT molecular complexity index is 964. The monoisotopic (exact) mass is 379 g/mol. The van der Waals surface area contributed by atoms with Crippen molar-refractivity contribution in [2.45, 2.75) is 13.0 Å². The number of hydrogen-bond donors (Lipinski definition) is 1. The first-order valence-electron chi connectivity index (χ1n) is 8.86. The quantitative estimate of drug-likeness (QED) is 0.650. The average Bonchev–Trinajstić information content (AvgIpc) is 2.74. The fraction of sp³-hybridized carbons (Fsp3) is 0.182. The number of methoxy groups -OCH3 is 1. The van der Waals surface area contributed by atoms with Gasteiger partial charge in [0, 0.05) is 12.6 Å². The molecule has 28 heavy (non-hydrogen) atoms. The van der Waals surface area contributed by atoms with E-state index in [-0.39, 0.29) is 18.1 Å². The molecule has 0 fully saturated rings. The van der Waals surface area contributed by atoms with Gasteiger partial charge in [0.1, 0.15) is 18.6 Å². The highest BCUT2D eigenvalue weighted by Crippen LogP contribution is 2.12. The van der Waals surface area contributed by atoms with Crippen molar-refractivity contribution in [1.82, 2.24) is 5.32 Å². The SMILES string of the molecule is COc1ccc(CCNC(=O)c2cc(=O)c(OCc3ccccc3)co2)cc1. The molecule has 0 aliphatic heterocycles. The molecule has 3 aromatic rings. The van der Waals surface area contributed by atoms with Gasteiger partial charge < -0.3 is 19.2 Å². The van der Waals surface area contributed by atoms with Crippen LogP contribution in [-0.2, 0) is 13.0 Å². The van der Waals surface area contributed by atoms with Crippen LogP contribution < -0.4 is 20.2 Å². The molecule has 1 heterocycles. The Kier molecular flexibility index (Phi) is 6.46. The van der Waals surface area contributed by atoms with Gasteiger partial charge in [-0.15, -0.1) is 0 Å². The lowest BCUT2D eigenvalue weighted by Gasteiger charge is -2.07. The van der Waals surface area contributed by atoms with E-state index < -0.39 is 11.3 Å². The summed E-state index contributed by atoms with van der Waals surface area (Å²) in [5.41, 5.74) is 1.59. The van der Waals surface area contributed by atoms with E-state index in [9.17, 15) is 9.59 Å². The molecular weight excluding hydrogens is 358 g/mol. The predicted molar refractivity (Wildman–Crippen MR) is 105 cm³/mol. The van der Waals surface area contributed by atoms with Crippen molar-refractivity contribution in [3.8, 4) is 11.5 Å². The van der Waals surface area contributed by atoms with Crippen molar-refractivity contribution in [3.05, 3.63) is 94.0 Å². The largest absolute Gasteiger partial charge is 0.497 e. The molecule has 0 aliphatic carbocycles. The van der Waals surface area contributed by atoms with E-state index in [0.717, 1.165) is 22.9 Å². The highest BCUT2D eigenvalue weighted by Gasteiger charge is 2.12. The second-order valence-electron chi connectivity index (χ2n) is 6.10. The fourth-order valence-electron chi connectivity index (χ4n) is 2.56. The van der Waals surface area contributed by atoms with Crippen molar-refractivity contribution in [2.24, 2.45) is 0 Å². The molecule has 3 rings (SSSR count). The van der Waals surface area contributed by atoms with E-state index in [1.165, 1.54) is 6.26 Å². The van der Waals surface area contributed by atoms with Crippen molar-refractivity contribution in [1.29, 1.82) is 0 Å². The molecule has 0 atom stereocenters. The molecule has 0 radical (unpaired) electrons. The Labute approximate surface area is 162 Å². The summed E-state index contributed by atoms with van der Waals surface area (Å²) in [4.78, 5) is 24.3. The van der Waals surface area contributed by atoms with Gasteiger partial charge in [0.15, 0.2) is 5.76 Å². The first kappa shape index (κ1) is 19.2. The Morgan fingerprint density at radius 3 is 2.46 bits per heavy atom. The number of carbonyl (C=O) groups excluding carboxylic acids is 1. The third-order valence-corrected chi connectivity index (χ3v) is 4.12.